The highest BCUT2D eigenvalue weighted by Gasteiger charge is 2.18. The lowest BCUT2D eigenvalue weighted by Crippen LogP contribution is -2.43. The second kappa shape index (κ2) is 8.10. The van der Waals surface area contributed by atoms with Crippen molar-refractivity contribution in [3.63, 3.8) is 0 Å². The number of nitrogens with one attached hydrogen (secondary N) is 1. The predicted octanol–water partition coefficient (Wildman–Crippen LogP) is 0.407. The molecule has 1 unspecified atom stereocenters. The molecule has 0 saturated carbocycles. The Labute approximate surface area is 111 Å². The van der Waals surface area contributed by atoms with Gasteiger partial charge in [-0.1, -0.05) is 18.2 Å². The van der Waals surface area contributed by atoms with E-state index in [1.165, 1.54) is 0 Å². The lowest BCUT2D eigenvalue weighted by Gasteiger charge is -2.11. The number of benzene rings is 1. The van der Waals surface area contributed by atoms with Crippen molar-refractivity contribution in [3.05, 3.63) is 30.3 Å². The van der Waals surface area contributed by atoms with Gasteiger partial charge < -0.3 is 20.3 Å². The van der Waals surface area contributed by atoms with Crippen LogP contribution >= 0.6 is 0 Å². The van der Waals surface area contributed by atoms with Crippen LogP contribution in [-0.2, 0) is 9.59 Å². The van der Waals surface area contributed by atoms with E-state index >= 15 is 0 Å². The highest BCUT2D eigenvalue weighted by Crippen LogP contribution is 2.08. The van der Waals surface area contributed by atoms with E-state index in [-0.39, 0.29) is 6.42 Å². The summed E-state index contributed by atoms with van der Waals surface area (Å²) < 4.78 is 5.39. The first-order valence-corrected chi connectivity index (χ1v) is 5.94. The van der Waals surface area contributed by atoms with Gasteiger partial charge in [0.05, 0.1) is 13.2 Å². The Kier molecular flexibility index (Phi) is 6.38. The summed E-state index contributed by atoms with van der Waals surface area (Å²) in [7, 11) is 0. The zero-order valence-electron chi connectivity index (χ0n) is 10.4. The summed E-state index contributed by atoms with van der Waals surface area (Å²) in [6, 6.07) is 7.95. The minimum Gasteiger partial charge on any atom is -0.494 e. The molecule has 104 valence electrons. The number of ether oxygens (including phenoxy) is 1. The lowest BCUT2D eigenvalue weighted by atomic mass is 10.2. The number of carboxylic acids is 1. The fraction of sp³-hybridized carbons (Fsp3) is 0.385. The van der Waals surface area contributed by atoms with Crippen LogP contribution in [0.25, 0.3) is 0 Å². The number of rotatable bonds is 8. The Balaban J connectivity index is 2.19. The molecule has 1 aromatic carbocycles. The molecule has 0 saturated heterocycles. The number of aliphatic hydroxyl groups is 1. The zero-order valence-corrected chi connectivity index (χ0v) is 10.4. The van der Waals surface area contributed by atoms with Gasteiger partial charge in [-0.15, -0.1) is 0 Å². The number of carbonyl (C=O) groups is 2. The maximum Gasteiger partial charge on any atom is 0.328 e. The fourth-order valence-corrected chi connectivity index (χ4v) is 1.39. The molecule has 0 bridgehead atoms. The van der Waals surface area contributed by atoms with Crippen LogP contribution in [0.4, 0.5) is 0 Å². The monoisotopic (exact) mass is 267 g/mol. The van der Waals surface area contributed by atoms with Crippen LogP contribution in [-0.4, -0.2) is 41.3 Å². The first-order valence-electron chi connectivity index (χ1n) is 5.94. The van der Waals surface area contributed by atoms with Gasteiger partial charge in [-0.25, -0.2) is 4.79 Å². The molecule has 3 N–H and O–H groups in total. The number of carbonyl (C=O) groups excluding carboxylic acids is 1. The molecular formula is C13H17NO5. The van der Waals surface area contributed by atoms with Crippen molar-refractivity contribution in [1.82, 2.24) is 5.32 Å². The molecule has 0 aliphatic carbocycles. The van der Waals surface area contributed by atoms with Gasteiger partial charge in [0.15, 0.2) is 0 Å². The average Bonchev–Trinajstić information content (AvgIpc) is 2.42. The van der Waals surface area contributed by atoms with Crippen molar-refractivity contribution in [1.29, 1.82) is 0 Å². The van der Waals surface area contributed by atoms with Crippen LogP contribution in [0.15, 0.2) is 30.3 Å². The molecule has 0 fully saturated rings. The van der Waals surface area contributed by atoms with Gasteiger partial charge in [0.1, 0.15) is 11.8 Å². The first-order chi connectivity index (χ1) is 9.13. The Morgan fingerprint density at radius 2 is 1.95 bits per heavy atom. The molecule has 1 amide bonds. The minimum absolute atomic E-state index is 0.149. The highest BCUT2D eigenvalue weighted by molar-refractivity contribution is 5.83. The fourth-order valence-electron chi connectivity index (χ4n) is 1.39. The van der Waals surface area contributed by atoms with Crippen molar-refractivity contribution < 1.29 is 24.5 Å². The van der Waals surface area contributed by atoms with Gasteiger partial charge >= 0.3 is 5.97 Å². The second-order valence-electron chi connectivity index (χ2n) is 3.91. The van der Waals surface area contributed by atoms with Crippen molar-refractivity contribution in [2.24, 2.45) is 0 Å². The quantitative estimate of drug-likeness (QED) is 0.593. The minimum atomic E-state index is -1.25. The first kappa shape index (κ1) is 15.0. The van der Waals surface area contributed by atoms with Crippen molar-refractivity contribution in [3.8, 4) is 5.75 Å². The van der Waals surface area contributed by atoms with Crippen LogP contribution in [0.2, 0.25) is 0 Å². The third kappa shape index (κ3) is 5.87. The summed E-state index contributed by atoms with van der Waals surface area (Å²) in [6.07, 6.45) is 0.620. The summed E-state index contributed by atoms with van der Waals surface area (Å²) in [5.74, 6) is -0.948. The molecule has 1 rings (SSSR count). The Hall–Kier alpha value is -2.08. The molecule has 1 atom stereocenters. The standard InChI is InChI=1S/C13H17NO5/c15-9-11(13(17)18)14-12(16)7-4-8-19-10-5-2-1-3-6-10/h1-3,5-6,11,15H,4,7-9H2,(H,14,16)(H,17,18). The normalized spacial score (nSPS) is 11.6. The van der Waals surface area contributed by atoms with Gasteiger partial charge in [-0.2, -0.15) is 0 Å². The summed E-state index contributed by atoms with van der Waals surface area (Å²) >= 11 is 0. The average molecular weight is 267 g/mol. The van der Waals surface area contributed by atoms with Gasteiger partial charge in [0, 0.05) is 6.42 Å². The number of hydrogen-bond acceptors (Lipinski definition) is 4. The van der Waals surface area contributed by atoms with E-state index < -0.39 is 24.5 Å². The Bertz CT molecular complexity index is 407. The third-order valence-corrected chi connectivity index (χ3v) is 2.38. The van der Waals surface area contributed by atoms with E-state index in [1.807, 2.05) is 30.3 Å². The van der Waals surface area contributed by atoms with Crippen LogP contribution in [0.5, 0.6) is 5.75 Å². The number of para-hydroxylation sites is 1. The SMILES string of the molecule is O=C(CCCOc1ccccc1)NC(CO)C(=O)O. The maximum atomic E-state index is 11.4. The van der Waals surface area contributed by atoms with E-state index in [4.69, 9.17) is 14.9 Å². The Morgan fingerprint density at radius 1 is 1.26 bits per heavy atom. The third-order valence-electron chi connectivity index (χ3n) is 2.38. The molecule has 19 heavy (non-hydrogen) atoms. The number of aliphatic hydroxyl groups excluding tert-OH is 1. The molecule has 0 spiro atoms. The smallest absolute Gasteiger partial charge is 0.328 e. The second-order valence-corrected chi connectivity index (χ2v) is 3.91. The molecule has 1 aromatic rings. The molecule has 0 aliphatic heterocycles. The number of hydrogen-bond donors (Lipinski definition) is 3. The molecular weight excluding hydrogens is 250 g/mol. The molecule has 0 aliphatic rings. The Morgan fingerprint density at radius 3 is 2.53 bits per heavy atom. The van der Waals surface area contributed by atoms with E-state index in [0.717, 1.165) is 5.75 Å². The number of amides is 1. The molecule has 6 heteroatoms. The van der Waals surface area contributed by atoms with E-state index in [9.17, 15) is 9.59 Å². The van der Waals surface area contributed by atoms with Gasteiger partial charge in [-0.05, 0) is 18.6 Å². The van der Waals surface area contributed by atoms with Crippen LogP contribution in [0, 0.1) is 0 Å². The van der Waals surface area contributed by atoms with Gasteiger partial charge in [0.2, 0.25) is 5.91 Å². The van der Waals surface area contributed by atoms with Crippen molar-refractivity contribution >= 4 is 11.9 Å². The number of carboxylic acid groups (broad SMARTS) is 1. The van der Waals surface area contributed by atoms with E-state index in [1.54, 1.807) is 0 Å². The number of aliphatic carboxylic acids is 1. The summed E-state index contributed by atoms with van der Waals surface area (Å²) in [5, 5.41) is 19.6. The lowest BCUT2D eigenvalue weighted by molar-refractivity contribution is -0.142. The molecule has 0 heterocycles. The maximum absolute atomic E-state index is 11.4. The van der Waals surface area contributed by atoms with Crippen molar-refractivity contribution in [2.45, 2.75) is 18.9 Å². The largest absolute Gasteiger partial charge is 0.494 e. The molecule has 0 aromatic heterocycles. The van der Waals surface area contributed by atoms with E-state index in [0.29, 0.717) is 13.0 Å². The highest BCUT2D eigenvalue weighted by atomic mass is 16.5. The van der Waals surface area contributed by atoms with Gasteiger partial charge in [0.25, 0.3) is 0 Å². The summed E-state index contributed by atoms with van der Waals surface area (Å²) in [4.78, 5) is 22.0. The molecule has 0 radical (unpaired) electrons. The van der Waals surface area contributed by atoms with Crippen LogP contribution in [0.3, 0.4) is 0 Å². The van der Waals surface area contributed by atoms with E-state index in [2.05, 4.69) is 5.32 Å². The summed E-state index contributed by atoms with van der Waals surface area (Å²) in [6.45, 7) is -0.254. The van der Waals surface area contributed by atoms with Crippen LogP contribution in [0.1, 0.15) is 12.8 Å². The topological polar surface area (TPSA) is 95.9 Å². The van der Waals surface area contributed by atoms with Gasteiger partial charge in [-0.3, -0.25) is 4.79 Å². The molecule has 6 nitrogen and oxygen atoms in total. The van der Waals surface area contributed by atoms with Crippen molar-refractivity contribution in [2.75, 3.05) is 13.2 Å². The summed E-state index contributed by atoms with van der Waals surface area (Å²) in [5.41, 5.74) is 0. The zero-order chi connectivity index (χ0) is 14.1. The predicted molar refractivity (Wildman–Crippen MR) is 67.8 cm³/mol. The van der Waals surface area contributed by atoms with Crippen LogP contribution < -0.4 is 10.1 Å².